The molecule has 10 heteroatoms. The summed E-state index contributed by atoms with van der Waals surface area (Å²) in [7, 11) is 0. The molecule has 0 unspecified atom stereocenters. The highest BCUT2D eigenvalue weighted by atomic mass is 79.9. The van der Waals surface area contributed by atoms with Gasteiger partial charge in [0.25, 0.3) is 5.91 Å². The van der Waals surface area contributed by atoms with Crippen molar-refractivity contribution in [2.75, 3.05) is 18.4 Å². The van der Waals surface area contributed by atoms with E-state index in [-0.39, 0.29) is 5.91 Å². The molecule has 2 aliphatic rings. The lowest BCUT2D eigenvalue weighted by atomic mass is 9.95. The fourth-order valence-electron chi connectivity index (χ4n) is 3.79. The SMILES string of the molecule is CC1=C=CN=C(n2nc(C3CCNCC3)cc2NC(=O)c2cnn3cc(Br)cnc23)C=C1. The Kier molecular flexibility index (Phi) is 5.57. The summed E-state index contributed by atoms with van der Waals surface area (Å²) in [5, 5.41) is 15.4. The van der Waals surface area contributed by atoms with Gasteiger partial charge in [-0.25, -0.2) is 14.5 Å². The Balaban J connectivity index is 1.50. The maximum atomic E-state index is 13.2. The quantitative estimate of drug-likeness (QED) is 0.546. The minimum Gasteiger partial charge on any atom is -0.317 e. The Bertz CT molecular complexity index is 1320. The van der Waals surface area contributed by atoms with Crippen LogP contribution in [0.15, 0.2) is 63.8 Å². The number of allylic oxidation sites excluding steroid dienone is 3. The lowest BCUT2D eigenvalue weighted by Gasteiger charge is -2.20. The molecule has 1 fully saturated rings. The van der Waals surface area contributed by atoms with Crippen molar-refractivity contribution in [3.63, 3.8) is 0 Å². The van der Waals surface area contributed by atoms with Crippen molar-refractivity contribution in [1.82, 2.24) is 29.7 Å². The second kappa shape index (κ2) is 8.66. The predicted molar refractivity (Wildman–Crippen MR) is 125 cm³/mol. The van der Waals surface area contributed by atoms with Crippen LogP contribution in [0, 0.1) is 0 Å². The van der Waals surface area contributed by atoms with Gasteiger partial charge in [-0.2, -0.15) is 14.9 Å². The van der Waals surface area contributed by atoms with Crippen LogP contribution in [0.4, 0.5) is 5.82 Å². The third kappa shape index (κ3) is 4.08. The van der Waals surface area contributed by atoms with Gasteiger partial charge in [0.2, 0.25) is 0 Å². The van der Waals surface area contributed by atoms with Gasteiger partial charge >= 0.3 is 0 Å². The smallest absolute Gasteiger partial charge is 0.262 e. The van der Waals surface area contributed by atoms with Crippen molar-refractivity contribution >= 4 is 39.1 Å². The van der Waals surface area contributed by atoms with Gasteiger partial charge in [0.15, 0.2) is 11.5 Å². The molecule has 0 spiro atoms. The molecule has 0 radical (unpaired) electrons. The van der Waals surface area contributed by atoms with E-state index in [9.17, 15) is 4.79 Å². The van der Waals surface area contributed by atoms with E-state index in [1.807, 2.05) is 25.1 Å². The maximum absolute atomic E-state index is 13.2. The first kappa shape index (κ1) is 20.6. The molecule has 0 bridgehead atoms. The molecule has 0 atom stereocenters. The minimum atomic E-state index is -0.309. The van der Waals surface area contributed by atoms with Gasteiger partial charge in [-0.1, -0.05) is 5.73 Å². The summed E-state index contributed by atoms with van der Waals surface area (Å²) in [5.74, 6) is 1.17. The third-order valence-electron chi connectivity index (χ3n) is 5.49. The van der Waals surface area contributed by atoms with Gasteiger partial charge in [0.05, 0.1) is 22.6 Å². The zero-order chi connectivity index (χ0) is 22.1. The normalized spacial score (nSPS) is 16.7. The van der Waals surface area contributed by atoms with Crippen molar-refractivity contribution < 1.29 is 4.79 Å². The molecule has 162 valence electrons. The topological polar surface area (TPSA) is 102 Å². The van der Waals surface area contributed by atoms with Gasteiger partial charge in [0, 0.05) is 24.4 Å². The number of carbonyl (C=O) groups excluding carboxylic acids is 1. The predicted octanol–water partition coefficient (Wildman–Crippen LogP) is 3.28. The number of piperidine rings is 1. The molecule has 1 amide bonds. The lowest BCUT2D eigenvalue weighted by molar-refractivity contribution is 0.102. The van der Waals surface area contributed by atoms with Crippen LogP contribution in [0.5, 0.6) is 0 Å². The van der Waals surface area contributed by atoms with E-state index < -0.39 is 0 Å². The Labute approximate surface area is 192 Å². The lowest BCUT2D eigenvalue weighted by Crippen LogP contribution is -2.27. The van der Waals surface area contributed by atoms with Crippen LogP contribution < -0.4 is 10.6 Å². The van der Waals surface area contributed by atoms with E-state index in [4.69, 9.17) is 5.10 Å². The number of fused-ring (bicyclic) bond motifs is 1. The highest BCUT2D eigenvalue weighted by molar-refractivity contribution is 9.10. The van der Waals surface area contributed by atoms with Crippen molar-refractivity contribution in [2.45, 2.75) is 25.7 Å². The average molecular weight is 493 g/mol. The fraction of sp³-hybridized carbons (Fsp3) is 0.273. The number of hydrogen-bond donors (Lipinski definition) is 2. The van der Waals surface area contributed by atoms with Crippen LogP contribution >= 0.6 is 15.9 Å². The number of nitrogens with one attached hydrogen (secondary N) is 2. The fourth-order valence-corrected chi connectivity index (χ4v) is 4.09. The third-order valence-corrected chi connectivity index (χ3v) is 5.89. The number of hydrogen-bond acceptors (Lipinski definition) is 6. The van der Waals surface area contributed by atoms with Crippen LogP contribution in [-0.4, -0.2) is 49.2 Å². The molecule has 0 aromatic carbocycles. The zero-order valence-electron chi connectivity index (χ0n) is 17.4. The molecule has 0 aliphatic carbocycles. The molecule has 9 nitrogen and oxygen atoms in total. The van der Waals surface area contributed by atoms with Gasteiger partial charge < -0.3 is 10.6 Å². The van der Waals surface area contributed by atoms with Gasteiger partial charge in [-0.3, -0.25) is 4.79 Å². The highest BCUT2D eigenvalue weighted by Gasteiger charge is 2.23. The summed E-state index contributed by atoms with van der Waals surface area (Å²) in [6, 6.07) is 1.94. The van der Waals surface area contributed by atoms with Gasteiger partial charge in [-0.15, -0.1) is 0 Å². The highest BCUT2D eigenvalue weighted by Crippen LogP contribution is 2.27. The summed E-state index contributed by atoms with van der Waals surface area (Å²) >= 11 is 3.37. The second-order valence-electron chi connectivity index (χ2n) is 7.72. The molecule has 3 aromatic rings. The number of nitrogens with zero attached hydrogens (tertiary/aromatic N) is 6. The van der Waals surface area contributed by atoms with Crippen LogP contribution in [0.2, 0.25) is 0 Å². The van der Waals surface area contributed by atoms with Gasteiger partial charge in [0.1, 0.15) is 11.4 Å². The first-order chi connectivity index (χ1) is 15.6. The molecular formula is C22H21BrN8O. The Morgan fingerprint density at radius 1 is 1.28 bits per heavy atom. The van der Waals surface area contributed by atoms with Crippen molar-refractivity contribution in [2.24, 2.45) is 4.99 Å². The zero-order valence-corrected chi connectivity index (χ0v) is 19.0. The number of aliphatic imine (C=N–C) groups is 1. The Morgan fingerprint density at radius 3 is 2.97 bits per heavy atom. The Morgan fingerprint density at radius 2 is 2.12 bits per heavy atom. The molecule has 2 aliphatic heterocycles. The molecule has 0 saturated carbocycles. The average Bonchev–Trinajstić information content (AvgIpc) is 3.34. The number of anilines is 1. The number of carbonyl (C=O) groups is 1. The largest absolute Gasteiger partial charge is 0.317 e. The summed E-state index contributed by atoms with van der Waals surface area (Å²) in [4.78, 5) is 22.0. The molecule has 3 aromatic heterocycles. The van der Waals surface area contributed by atoms with E-state index in [1.54, 1.807) is 27.8 Å². The first-order valence-corrected chi connectivity index (χ1v) is 11.2. The van der Waals surface area contributed by atoms with Crippen molar-refractivity contribution in [1.29, 1.82) is 0 Å². The van der Waals surface area contributed by atoms with E-state index in [2.05, 4.69) is 47.4 Å². The van der Waals surface area contributed by atoms with Crippen molar-refractivity contribution in [3.05, 3.63) is 70.0 Å². The Hall–Kier alpha value is -3.33. The van der Waals surface area contributed by atoms with Crippen LogP contribution in [0.1, 0.15) is 41.7 Å². The van der Waals surface area contributed by atoms with Crippen LogP contribution in [-0.2, 0) is 0 Å². The molecule has 32 heavy (non-hydrogen) atoms. The number of rotatable bonds is 3. The van der Waals surface area contributed by atoms with Crippen LogP contribution in [0.3, 0.4) is 0 Å². The molecule has 5 heterocycles. The second-order valence-corrected chi connectivity index (χ2v) is 8.64. The summed E-state index contributed by atoms with van der Waals surface area (Å²) in [6.45, 7) is 3.86. The molecule has 1 saturated heterocycles. The van der Waals surface area contributed by atoms with E-state index in [0.717, 1.165) is 41.7 Å². The summed E-state index contributed by atoms with van der Waals surface area (Å²) < 4.78 is 4.02. The van der Waals surface area contributed by atoms with Gasteiger partial charge in [-0.05, 0) is 66.5 Å². The van der Waals surface area contributed by atoms with E-state index in [1.165, 1.54) is 6.20 Å². The number of aromatic nitrogens is 5. The van der Waals surface area contributed by atoms with E-state index >= 15 is 0 Å². The summed E-state index contributed by atoms with van der Waals surface area (Å²) in [5.41, 5.74) is 5.84. The monoisotopic (exact) mass is 492 g/mol. The number of halogens is 1. The minimum absolute atomic E-state index is 0.309. The molecule has 5 rings (SSSR count). The maximum Gasteiger partial charge on any atom is 0.262 e. The summed E-state index contributed by atoms with van der Waals surface area (Å²) in [6.07, 6.45) is 12.3. The number of amides is 1. The molecule has 2 N–H and O–H groups in total. The molecular weight excluding hydrogens is 472 g/mol. The first-order valence-electron chi connectivity index (χ1n) is 10.4. The standard InChI is InChI=1S/C22H21BrN8O/c1-14-2-3-19(25-9-4-14)31-20(10-18(29-31)15-5-7-24-8-6-15)28-22(32)17-12-27-30-13-16(23)11-26-21(17)30/h2-3,9-13,15,24H,5-8H2,1H3,(H,28,32). The van der Waals surface area contributed by atoms with Crippen molar-refractivity contribution in [3.8, 4) is 0 Å². The van der Waals surface area contributed by atoms with E-state index in [0.29, 0.717) is 28.8 Å². The van der Waals surface area contributed by atoms with Crippen LogP contribution in [0.25, 0.3) is 5.65 Å².